The summed E-state index contributed by atoms with van der Waals surface area (Å²) in [5.41, 5.74) is 1.25. The lowest BCUT2D eigenvalue weighted by molar-refractivity contribution is 0.574. The first-order chi connectivity index (χ1) is 6.74. The van der Waals surface area contributed by atoms with Crippen molar-refractivity contribution in [2.45, 2.75) is 25.1 Å². The van der Waals surface area contributed by atoms with Gasteiger partial charge in [0.15, 0.2) is 0 Å². The molecule has 2 atom stereocenters. The standard InChI is InChI=1S/C11H18N2S/c1-9(14-3)7-13-10(2)11-5-4-6-12-8-11/h4-6,8-10,13H,7H2,1-3H3. The van der Waals surface area contributed by atoms with Gasteiger partial charge in [-0.3, -0.25) is 4.98 Å². The fraction of sp³-hybridized carbons (Fsp3) is 0.545. The number of thioether (sulfide) groups is 1. The Morgan fingerprint density at radius 1 is 1.50 bits per heavy atom. The molecule has 2 nitrogen and oxygen atoms in total. The molecule has 0 saturated heterocycles. The van der Waals surface area contributed by atoms with Gasteiger partial charge in [-0.25, -0.2) is 0 Å². The Morgan fingerprint density at radius 2 is 2.29 bits per heavy atom. The molecule has 14 heavy (non-hydrogen) atoms. The molecule has 1 N–H and O–H groups in total. The van der Waals surface area contributed by atoms with Crippen molar-refractivity contribution >= 4 is 11.8 Å². The molecule has 0 radical (unpaired) electrons. The Kier molecular flexibility index (Phi) is 4.98. The van der Waals surface area contributed by atoms with Crippen LogP contribution in [0.5, 0.6) is 0 Å². The lowest BCUT2D eigenvalue weighted by Crippen LogP contribution is -2.25. The van der Waals surface area contributed by atoms with E-state index >= 15 is 0 Å². The van der Waals surface area contributed by atoms with Crippen LogP contribution in [0, 0.1) is 0 Å². The maximum Gasteiger partial charge on any atom is 0.0315 e. The zero-order chi connectivity index (χ0) is 10.4. The van der Waals surface area contributed by atoms with Crippen LogP contribution in [0.15, 0.2) is 24.5 Å². The molecule has 1 rings (SSSR count). The van der Waals surface area contributed by atoms with Gasteiger partial charge in [-0.15, -0.1) is 0 Å². The van der Waals surface area contributed by atoms with Crippen LogP contribution in [-0.2, 0) is 0 Å². The topological polar surface area (TPSA) is 24.9 Å². The number of hydrogen-bond acceptors (Lipinski definition) is 3. The molecule has 0 fully saturated rings. The van der Waals surface area contributed by atoms with Gasteiger partial charge >= 0.3 is 0 Å². The smallest absolute Gasteiger partial charge is 0.0315 e. The molecular formula is C11H18N2S. The minimum absolute atomic E-state index is 0.387. The molecule has 1 aromatic heterocycles. The highest BCUT2D eigenvalue weighted by Gasteiger charge is 2.05. The lowest BCUT2D eigenvalue weighted by atomic mass is 10.1. The van der Waals surface area contributed by atoms with Crippen LogP contribution in [0.25, 0.3) is 0 Å². The molecule has 1 heterocycles. The van der Waals surface area contributed by atoms with Crippen molar-refractivity contribution in [1.82, 2.24) is 10.3 Å². The molecule has 0 spiro atoms. The Balaban J connectivity index is 2.39. The minimum Gasteiger partial charge on any atom is -0.309 e. The van der Waals surface area contributed by atoms with E-state index in [-0.39, 0.29) is 0 Å². The summed E-state index contributed by atoms with van der Waals surface area (Å²) in [7, 11) is 0. The van der Waals surface area contributed by atoms with Gasteiger partial charge in [-0.1, -0.05) is 13.0 Å². The number of rotatable bonds is 5. The molecule has 3 heteroatoms. The third kappa shape index (κ3) is 3.68. The molecule has 0 amide bonds. The Labute approximate surface area is 90.5 Å². The van der Waals surface area contributed by atoms with Gasteiger partial charge in [0.25, 0.3) is 0 Å². The van der Waals surface area contributed by atoms with E-state index in [9.17, 15) is 0 Å². The van der Waals surface area contributed by atoms with Crippen molar-refractivity contribution in [1.29, 1.82) is 0 Å². The van der Waals surface area contributed by atoms with Gasteiger partial charge in [-0.05, 0) is 24.8 Å². The monoisotopic (exact) mass is 210 g/mol. The predicted molar refractivity (Wildman–Crippen MR) is 63.6 cm³/mol. The van der Waals surface area contributed by atoms with Crippen molar-refractivity contribution in [3.05, 3.63) is 30.1 Å². The van der Waals surface area contributed by atoms with E-state index in [1.54, 1.807) is 6.20 Å². The summed E-state index contributed by atoms with van der Waals surface area (Å²) in [5.74, 6) is 0. The van der Waals surface area contributed by atoms with Crippen LogP contribution in [0.3, 0.4) is 0 Å². The van der Waals surface area contributed by atoms with Crippen molar-refractivity contribution < 1.29 is 0 Å². The molecule has 0 aromatic carbocycles. The van der Waals surface area contributed by atoms with Crippen molar-refractivity contribution in [3.8, 4) is 0 Å². The largest absolute Gasteiger partial charge is 0.309 e. The first kappa shape index (κ1) is 11.5. The van der Waals surface area contributed by atoms with E-state index in [1.165, 1.54) is 5.56 Å². The summed E-state index contributed by atoms with van der Waals surface area (Å²) in [5, 5.41) is 4.15. The summed E-state index contributed by atoms with van der Waals surface area (Å²) in [4.78, 5) is 4.11. The lowest BCUT2D eigenvalue weighted by Gasteiger charge is -2.16. The molecule has 0 aliphatic heterocycles. The second-order valence-corrected chi connectivity index (χ2v) is 4.74. The van der Waals surface area contributed by atoms with Gasteiger partial charge in [-0.2, -0.15) is 11.8 Å². The highest BCUT2D eigenvalue weighted by molar-refractivity contribution is 7.99. The van der Waals surface area contributed by atoms with E-state index in [2.05, 4.69) is 36.5 Å². The summed E-state index contributed by atoms with van der Waals surface area (Å²) in [6.45, 7) is 5.44. The van der Waals surface area contributed by atoms with Gasteiger partial charge in [0.2, 0.25) is 0 Å². The van der Waals surface area contributed by atoms with Crippen molar-refractivity contribution in [3.63, 3.8) is 0 Å². The molecule has 0 aliphatic carbocycles. The molecular weight excluding hydrogens is 192 g/mol. The molecule has 0 aliphatic rings. The SMILES string of the molecule is CSC(C)CNC(C)c1cccnc1. The number of nitrogens with zero attached hydrogens (tertiary/aromatic N) is 1. The number of aromatic nitrogens is 1. The maximum absolute atomic E-state index is 4.11. The minimum atomic E-state index is 0.387. The molecule has 0 saturated carbocycles. The van der Waals surface area contributed by atoms with Crippen molar-refractivity contribution in [2.24, 2.45) is 0 Å². The van der Waals surface area contributed by atoms with Crippen LogP contribution < -0.4 is 5.32 Å². The summed E-state index contributed by atoms with van der Waals surface area (Å²) >= 11 is 1.88. The van der Waals surface area contributed by atoms with Gasteiger partial charge in [0.1, 0.15) is 0 Å². The second kappa shape index (κ2) is 6.04. The van der Waals surface area contributed by atoms with Crippen molar-refractivity contribution in [2.75, 3.05) is 12.8 Å². The first-order valence-electron chi connectivity index (χ1n) is 4.90. The fourth-order valence-corrected chi connectivity index (χ4v) is 1.44. The zero-order valence-electron chi connectivity index (χ0n) is 9.03. The average molecular weight is 210 g/mol. The van der Waals surface area contributed by atoms with Crippen LogP contribution >= 0.6 is 11.8 Å². The average Bonchev–Trinajstić information content (AvgIpc) is 2.26. The van der Waals surface area contributed by atoms with E-state index in [4.69, 9.17) is 0 Å². The molecule has 1 aromatic rings. The zero-order valence-corrected chi connectivity index (χ0v) is 9.84. The molecule has 0 bridgehead atoms. The van der Waals surface area contributed by atoms with Crippen LogP contribution in [0.1, 0.15) is 25.5 Å². The highest BCUT2D eigenvalue weighted by Crippen LogP contribution is 2.11. The van der Waals surface area contributed by atoms with Crippen LogP contribution in [-0.4, -0.2) is 23.0 Å². The van der Waals surface area contributed by atoms with E-state index in [0.717, 1.165) is 6.54 Å². The third-order valence-corrected chi connectivity index (χ3v) is 3.27. The first-order valence-corrected chi connectivity index (χ1v) is 6.19. The Bertz CT molecular complexity index is 251. The highest BCUT2D eigenvalue weighted by atomic mass is 32.2. The van der Waals surface area contributed by atoms with E-state index in [0.29, 0.717) is 11.3 Å². The van der Waals surface area contributed by atoms with Crippen LogP contribution in [0.2, 0.25) is 0 Å². The molecule has 78 valence electrons. The van der Waals surface area contributed by atoms with E-state index in [1.807, 2.05) is 24.0 Å². The number of pyridine rings is 1. The van der Waals surface area contributed by atoms with Gasteiger partial charge < -0.3 is 5.32 Å². The number of hydrogen-bond donors (Lipinski definition) is 1. The van der Waals surface area contributed by atoms with Crippen LogP contribution in [0.4, 0.5) is 0 Å². The quantitative estimate of drug-likeness (QED) is 0.808. The third-order valence-electron chi connectivity index (χ3n) is 2.30. The summed E-state index contributed by atoms with van der Waals surface area (Å²) in [6, 6.07) is 4.47. The second-order valence-electron chi connectivity index (χ2n) is 3.46. The normalized spacial score (nSPS) is 15.1. The van der Waals surface area contributed by atoms with Gasteiger partial charge in [0.05, 0.1) is 0 Å². The van der Waals surface area contributed by atoms with E-state index < -0.39 is 0 Å². The molecule has 2 unspecified atom stereocenters. The summed E-state index contributed by atoms with van der Waals surface area (Å²) in [6.07, 6.45) is 5.86. The fourth-order valence-electron chi connectivity index (χ4n) is 1.18. The number of nitrogens with one attached hydrogen (secondary N) is 1. The summed E-state index contributed by atoms with van der Waals surface area (Å²) < 4.78 is 0. The maximum atomic E-state index is 4.11. The Morgan fingerprint density at radius 3 is 2.86 bits per heavy atom. The Hall–Kier alpha value is -0.540. The van der Waals surface area contributed by atoms with Gasteiger partial charge in [0, 0.05) is 30.2 Å². The predicted octanol–water partition coefficient (Wildman–Crippen LogP) is 2.48.